The van der Waals surface area contributed by atoms with Crippen molar-refractivity contribution in [3.05, 3.63) is 54.4 Å². The first-order valence-corrected chi connectivity index (χ1v) is 12.2. The number of amides is 1. The first kappa shape index (κ1) is 21.5. The lowest BCUT2D eigenvalue weighted by molar-refractivity contribution is -0.118. The summed E-state index contributed by atoms with van der Waals surface area (Å²) in [6.07, 6.45) is 3.35. The van der Waals surface area contributed by atoms with Gasteiger partial charge in [-0.15, -0.1) is 11.8 Å². The van der Waals surface area contributed by atoms with Gasteiger partial charge in [0.25, 0.3) is 0 Å². The maximum atomic E-state index is 12.5. The topological polar surface area (TPSA) is 95.5 Å². The third kappa shape index (κ3) is 6.69. The van der Waals surface area contributed by atoms with Gasteiger partial charge in [-0.3, -0.25) is 4.79 Å². The van der Waals surface area contributed by atoms with Gasteiger partial charge in [0, 0.05) is 50.9 Å². The van der Waals surface area contributed by atoms with Crippen molar-refractivity contribution in [3.8, 4) is 0 Å². The van der Waals surface area contributed by atoms with Crippen molar-refractivity contribution in [2.24, 2.45) is 0 Å². The highest BCUT2D eigenvalue weighted by molar-refractivity contribution is 7.99. The molecule has 1 aromatic carbocycles. The second kappa shape index (κ2) is 10.6. The Morgan fingerprint density at radius 1 is 1.03 bits per heavy atom. The number of hydrogen-bond donors (Lipinski definition) is 1. The van der Waals surface area contributed by atoms with Gasteiger partial charge in [-0.05, 0) is 11.6 Å². The van der Waals surface area contributed by atoms with E-state index >= 15 is 0 Å². The van der Waals surface area contributed by atoms with Crippen LogP contribution in [0.15, 0.2) is 48.8 Å². The molecule has 3 rings (SSSR count). The number of benzene rings is 1. The second-order valence-corrected chi connectivity index (χ2v) is 9.65. The highest BCUT2D eigenvalue weighted by Gasteiger charge is 2.27. The molecule has 1 N–H and O–H groups in total. The quantitative estimate of drug-likeness (QED) is 0.627. The largest absolute Gasteiger partial charge is 0.354 e. The number of anilines is 1. The number of piperazine rings is 1. The molecule has 1 amide bonds. The maximum absolute atomic E-state index is 12.5. The molecule has 0 saturated carbocycles. The van der Waals surface area contributed by atoms with Crippen LogP contribution in [-0.2, 0) is 20.6 Å². The van der Waals surface area contributed by atoms with E-state index in [4.69, 9.17) is 0 Å². The molecule has 156 valence electrons. The predicted molar refractivity (Wildman–Crippen MR) is 115 cm³/mol. The van der Waals surface area contributed by atoms with E-state index in [2.05, 4.69) is 15.3 Å². The average molecular weight is 436 g/mol. The van der Waals surface area contributed by atoms with Gasteiger partial charge < -0.3 is 10.2 Å². The average Bonchev–Trinajstić information content (AvgIpc) is 2.75. The molecule has 0 aliphatic carbocycles. The monoisotopic (exact) mass is 435 g/mol. The zero-order chi connectivity index (χ0) is 20.5. The van der Waals surface area contributed by atoms with E-state index in [1.54, 1.807) is 18.5 Å². The Kier molecular flexibility index (Phi) is 7.84. The van der Waals surface area contributed by atoms with E-state index in [0.717, 1.165) is 11.3 Å². The molecule has 2 aromatic rings. The summed E-state index contributed by atoms with van der Waals surface area (Å²) >= 11 is 1.51. The van der Waals surface area contributed by atoms with E-state index in [0.29, 0.717) is 37.9 Å². The molecule has 1 saturated heterocycles. The van der Waals surface area contributed by atoms with Crippen LogP contribution in [0.5, 0.6) is 0 Å². The Balaban J connectivity index is 1.35. The number of hydrogen-bond acceptors (Lipinski definition) is 7. The van der Waals surface area contributed by atoms with Crippen LogP contribution >= 0.6 is 11.8 Å². The van der Waals surface area contributed by atoms with Gasteiger partial charge in [-0.1, -0.05) is 30.3 Å². The highest BCUT2D eigenvalue weighted by atomic mass is 32.2. The fourth-order valence-corrected chi connectivity index (χ4v) is 5.11. The van der Waals surface area contributed by atoms with Gasteiger partial charge in [-0.2, -0.15) is 4.31 Å². The Morgan fingerprint density at radius 3 is 2.41 bits per heavy atom. The zero-order valence-electron chi connectivity index (χ0n) is 16.1. The highest BCUT2D eigenvalue weighted by Crippen LogP contribution is 2.13. The van der Waals surface area contributed by atoms with Gasteiger partial charge in [0.05, 0.1) is 11.5 Å². The Morgan fingerprint density at radius 2 is 1.72 bits per heavy atom. The summed E-state index contributed by atoms with van der Waals surface area (Å²) in [5, 5.41) is 2.70. The molecule has 0 unspecified atom stereocenters. The summed E-state index contributed by atoms with van der Waals surface area (Å²) in [6, 6.07) is 11.7. The Labute approximate surface area is 175 Å². The SMILES string of the molecule is O=C(CSCc1ccccc1)NCCS(=O)(=O)N1CCN(c2ncccn2)CC1. The zero-order valence-corrected chi connectivity index (χ0v) is 17.7. The van der Waals surface area contributed by atoms with Crippen molar-refractivity contribution in [2.45, 2.75) is 5.75 Å². The van der Waals surface area contributed by atoms with Gasteiger partial charge in [0.15, 0.2) is 0 Å². The minimum absolute atomic E-state index is 0.0933. The van der Waals surface area contributed by atoms with E-state index in [9.17, 15) is 13.2 Å². The number of nitrogens with zero attached hydrogens (tertiary/aromatic N) is 4. The van der Waals surface area contributed by atoms with Crippen molar-refractivity contribution in [3.63, 3.8) is 0 Å². The Bertz CT molecular complexity index is 873. The third-order valence-electron chi connectivity index (χ3n) is 4.49. The van der Waals surface area contributed by atoms with Crippen molar-refractivity contribution in [1.82, 2.24) is 19.6 Å². The van der Waals surface area contributed by atoms with E-state index in [1.807, 2.05) is 35.2 Å². The molecule has 10 heteroatoms. The number of sulfonamides is 1. The number of thioether (sulfide) groups is 1. The van der Waals surface area contributed by atoms with Crippen LogP contribution in [-0.4, -0.2) is 72.8 Å². The number of carbonyl (C=O) groups is 1. The number of aromatic nitrogens is 2. The van der Waals surface area contributed by atoms with Gasteiger partial charge in [0.2, 0.25) is 21.9 Å². The first-order chi connectivity index (χ1) is 14.0. The predicted octanol–water partition coefficient (Wildman–Crippen LogP) is 0.978. The van der Waals surface area contributed by atoms with Gasteiger partial charge >= 0.3 is 0 Å². The van der Waals surface area contributed by atoms with Crippen LogP contribution in [0, 0.1) is 0 Å². The van der Waals surface area contributed by atoms with Gasteiger partial charge in [0.1, 0.15) is 0 Å². The molecule has 0 spiro atoms. The molecule has 1 aliphatic heterocycles. The minimum Gasteiger partial charge on any atom is -0.354 e. The summed E-state index contributed by atoms with van der Waals surface area (Å²) in [5.41, 5.74) is 1.16. The fourth-order valence-electron chi connectivity index (χ4n) is 2.96. The van der Waals surface area contributed by atoms with E-state index in [1.165, 1.54) is 16.1 Å². The van der Waals surface area contributed by atoms with Crippen molar-refractivity contribution in [2.75, 3.05) is 49.1 Å². The standard InChI is InChI=1S/C19H25N5O3S2/c25-18(16-28-15-17-5-2-1-3-6-17)20-9-14-29(26,27)24-12-10-23(11-13-24)19-21-7-4-8-22-19/h1-8H,9-16H2,(H,20,25). The van der Waals surface area contributed by atoms with Crippen LogP contribution in [0.2, 0.25) is 0 Å². The Hall–Kier alpha value is -2.17. The van der Waals surface area contributed by atoms with Crippen LogP contribution in [0.4, 0.5) is 5.95 Å². The van der Waals surface area contributed by atoms with Crippen LogP contribution in [0.3, 0.4) is 0 Å². The molecule has 1 aromatic heterocycles. The molecule has 8 nitrogen and oxygen atoms in total. The van der Waals surface area contributed by atoms with Crippen molar-refractivity contribution in [1.29, 1.82) is 0 Å². The number of carbonyl (C=O) groups excluding carboxylic acids is 1. The summed E-state index contributed by atoms with van der Waals surface area (Å²) in [7, 11) is -3.40. The molecule has 0 radical (unpaired) electrons. The first-order valence-electron chi connectivity index (χ1n) is 9.43. The van der Waals surface area contributed by atoms with Crippen molar-refractivity contribution >= 4 is 33.6 Å². The summed E-state index contributed by atoms with van der Waals surface area (Å²) in [6.45, 7) is 2.00. The van der Waals surface area contributed by atoms with Crippen LogP contribution < -0.4 is 10.2 Å². The summed E-state index contributed by atoms with van der Waals surface area (Å²) in [5.74, 6) is 1.44. The lowest BCUT2D eigenvalue weighted by atomic mass is 10.2. The molecule has 2 heterocycles. The number of rotatable bonds is 9. The molecule has 1 aliphatic rings. The molecular formula is C19H25N5O3S2. The van der Waals surface area contributed by atoms with Crippen LogP contribution in [0.25, 0.3) is 0 Å². The summed E-state index contributed by atoms with van der Waals surface area (Å²) in [4.78, 5) is 22.3. The molecular weight excluding hydrogens is 410 g/mol. The van der Waals surface area contributed by atoms with E-state index in [-0.39, 0.29) is 18.2 Å². The molecule has 29 heavy (non-hydrogen) atoms. The fraction of sp³-hybridized carbons (Fsp3) is 0.421. The molecule has 1 fully saturated rings. The minimum atomic E-state index is -3.40. The van der Waals surface area contributed by atoms with Crippen LogP contribution in [0.1, 0.15) is 5.56 Å². The normalized spacial score (nSPS) is 15.2. The molecule has 0 bridgehead atoms. The summed E-state index contributed by atoms with van der Waals surface area (Å²) < 4.78 is 26.5. The van der Waals surface area contributed by atoms with Gasteiger partial charge in [-0.25, -0.2) is 18.4 Å². The van der Waals surface area contributed by atoms with Crippen molar-refractivity contribution < 1.29 is 13.2 Å². The maximum Gasteiger partial charge on any atom is 0.230 e. The molecule has 0 atom stereocenters. The number of nitrogens with one attached hydrogen (secondary N) is 1. The lowest BCUT2D eigenvalue weighted by Gasteiger charge is -2.33. The smallest absolute Gasteiger partial charge is 0.230 e. The third-order valence-corrected chi connectivity index (χ3v) is 7.37. The lowest BCUT2D eigenvalue weighted by Crippen LogP contribution is -2.50. The van der Waals surface area contributed by atoms with E-state index < -0.39 is 10.0 Å². The second-order valence-electron chi connectivity index (χ2n) is 6.58.